The van der Waals surface area contributed by atoms with Crippen LogP contribution >= 0.6 is 11.6 Å². The predicted molar refractivity (Wildman–Crippen MR) is 78.0 cm³/mol. The van der Waals surface area contributed by atoms with Crippen molar-refractivity contribution in [2.75, 3.05) is 12.3 Å². The number of amides is 3. The monoisotopic (exact) mass is 313 g/mol. The van der Waals surface area contributed by atoms with Crippen LogP contribution in [0.3, 0.4) is 0 Å². The van der Waals surface area contributed by atoms with E-state index >= 15 is 0 Å². The number of ether oxygens (including phenoxy) is 1. The van der Waals surface area contributed by atoms with E-state index in [4.69, 9.17) is 22.1 Å². The third-order valence-electron chi connectivity index (χ3n) is 2.46. The van der Waals surface area contributed by atoms with Gasteiger partial charge in [-0.3, -0.25) is 10.1 Å². The lowest BCUT2D eigenvalue weighted by Gasteiger charge is -2.13. The van der Waals surface area contributed by atoms with E-state index in [9.17, 15) is 14.4 Å². The Hall–Kier alpha value is -2.28. The Balaban J connectivity index is 2.63. The number of hydrogen-bond donors (Lipinski definition) is 3. The summed E-state index contributed by atoms with van der Waals surface area (Å²) in [6, 6.07) is 3.57. The van der Waals surface area contributed by atoms with Crippen molar-refractivity contribution < 1.29 is 19.1 Å². The Morgan fingerprint density at radius 1 is 1.38 bits per heavy atom. The van der Waals surface area contributed by atoms with Crippen molar-refractivity contribution >= 4 is 35.2 Å². The first kappa shape index (κ1) is 16.8. The standard InChI is InChI=1S/C13H16ClN3O4/c1-3-16-13(20)17-11(18)7(2)21-12(19)8-4-5-9(14)10(15)6-8/h4-7H,3,15H2,1-2H3,(H2,16,17,18,20). The number of nitrogen functional groups attached to an aromatic ring is 1. The molecule has 1 unspecified atom stereocenters. The van der Waals surface area contributed by atoms with Crippen molar-refractivity contribution in [3.8, 4) is 0 Å². The fourth-order valence-corrected chi connectivity index (χ4v) is 1.49. The minimum absolute atomic E-state index is 0.162. The first-order chi connectivity index (χ1) is 9.85. The van der Waals surface area contributed by atoms with Crippen molar-refractivity contribution in [2.45, 2.75) is 20.0 Å². The first-order valence-corrected chi connectivity index (χ1v) is 6.57. The van der Waals surface area contributed by atoms with Gasteiger partial charge in [0.1, 0.15) is 0 Å². The lowest BCUT2D eigenvalue weighted by molar-refractivity contribution is -0.127. The van der Waals surface area contributed by atoms with E-state index in [1.165, 1.54) is 25.1 Å². The molecule has 0 aliphatic carbocycles. The zero-order valence-electron chi connectivity index (χ0n) is 11.6. The molecule has 0 fully saturated rings. The normalized spacial score (nSPS) is 11.4. The van der Waals surface area contributed by atoms with Crippen LogP contribution in [-0.4, -0.2) is 30.6 Å². The number of imide groups is 1. The molecule has 0 bridgehead atoms. The van der Waals surface area contributed by atoms with Crippen molar-refractivity contribution in [3.63, 3.8) is 0 Å². The van der Waals surface area contributed by atoms with Crippen LogP contribution in [-0.2, 0) is 9.53 Å². The average molecular weight is 314 g/mol. The number of nitrogens with two attached hydrogens (primary N) is 1. The van der Waals surface area contributed by atoms with Gasteiger partial charge in [0.05, 0.1) is 16.3 Å². The first-order valence-electron chi connectivity index (χ1n) is 6.19. The molecule has 3 amide bonds. The molecule has 1 atom stereocenters. The number of rotatable bonds is 4. The van der Waals surface area contributed by atoms with Crippen LogP contribution in [0.15, 0.2) is 18.2 Å². The van der Waals surface area contributed by atoms with Gasteiger partial charge in [-0.25, -0.2) is 9.59 Å². The fraction of sp³-hybridized carbons (Fsp3) is 0.308. The van der Waals surface area contributed by atoms with Gasteiger partial charge in [0.15, 0.2) is 6.10 Å². The maximum absolute atomic E-state index is 11.8. The number of benzene rings is 1. The minimum Gasteiger partial charge on any atom is -0.449 e. The number of carbonyl (C=O) groups is 3. The van der Waals surface area contributed by atoms with Crippen LogP contribution in [0.2, 0.25) is 5.02 Å². The van der Waals surface area contributed by atoms with E-state index in [1.54, 1.807) is 6.92 Å². The fourth-order valence-electron chi connectivity index (χ4n) is 1.37. The van der Waals surface area contributed by atoms with E-state index in [2.05, 4.69) is 5.32 Å². The lowest BCUT2D eigenvalue weighted by atomic mass is 10.2. The molecule has 0 saturated carbocycles. The molecule has 114 valence electrons. The largest absolute Gasteiger partial charge is 0.449 e. The number of esters is 1. The van der Waals surface area contributed by atoms with Crippen molar-refractivity contribution in [1.29, 1.82) is 0 Å². The van der Waals surface area contributed by atoms with Crippen LogP contribution in [0.4, 0.5) is 10.5 Å². The molecule has 8 heteroatoms. The Morgan fingerprint density at radius 2 is 2.05 bits per heavy atom. The molecule has 0 spiro atoms. The average Bonchev–Trinajstić information content (AvgIpc) is 2.41. The van der Waals surface area contributed by atoms with Gasteiger partial charge >= 0.3 is 12.0 Å². The molecule has 0 aliphatic rings. The zero-order valence-corrected chi connectivity index (χ0v) is 12.4. The van der Waals surface area contributed by atoms with E-state index in [0.717, 1.165) is 0 Å². The summed E-state index contributed by atoms with van der Waals surface area (Å²) in [5.74, 6) is -1.46. The van der Waals surface area contributed by atoms with Crippen LogP contribution in [0, 0.1) is 0 Å². The molecule has 0 heterocycles. The van der Waals surface area contributed by atoms with Crippen molar-refractivity contribution in [2.24, 2.45) is 0 Å². The van der Waals surface area contributed by atoms with Gasteiger partial charge < -0.3 is 15.8 Å². The zero-order chi connectivity index (χ0) is 16.0. The number of urea groups is 1. The van der Waals surface area contributed by atoms with Crippen molar-refractivity contribution in [3.05, 3.63) is 28.8 Å². The summed E-state index contributed by atoms with van der Waals surface area (Å²) in [6.07, 6.45) is -1.13. The highest BCUT2D eigenvalue weighted by molar-refractivity contribution is 6.33. The summed E-state index contributed by atoms with van der Waals surface area (Å²) >= 11 is 5.74. The molecule has 0 aliphatic heterocycles. The highest BCUT2D eigenvalue weighted by Crippen LogP contribution is 2.20. The minimum atomic E-state index is -1.13. The summed E-state index contributed by atoms with van der Waals surface area (Å²) in [7, 11) is 0. The molecular weight excluding hydrogens is 298 g/mol. The van der Waals surface area contributed by atoms with Crippen molar-refractivity contribution in [1.82, 2.24) is 10.6 Å². The SMILES string of the molecule is CCNC(=O)NC(=O)C(C)OC(=O)c1ccc(Cl)c(N)c1. The summed E-state index contributed by atoms with van der Waals surface area (Å²) in [4.78, 5) is 34.6. The van der Waals surface area contributed by atoms with Crippen LogP contribution in [0.1, 0.15) is 24.2 Å². The molecule has 7 nitrogen and oxygen atoms in total. The van der Waals surface area contributed by atoms with E-state index < -0.39 is 24.0 Å². The Kier molecular flexibility index (Phi) is 5.98. The smallest absolute Gasteiger partial charge is 0.338 e. The summed E-state index contributed by atoms with van der Waals surface area (Å²) in [6.45, 7) is 3.43. The van der Waals surface area contributed by atoms with E-state index in [0.29, 0.717) is 11.6 Å². The van der Waals surface area contributed by atoms with E-state index in [-0.39, 0.29) is 11.3 Å². The number of anilines is 1. The Bertz CT molecular complexity index is 562. The molecule has 0 radical (unpaired) electrons. The summed E-state index contributed by atoms with van der Waals surface area (Å²) in [5.41, 5.74) is 5.97. The third-order valence-corrected chi connectivity index (χ3v) is 2.80. The molecule has 4 N–H and O–H groups in total. The Labute approximate surface area is 126 Å². The van der Waals surface area contributed by atoms with Crippen LogP contribution < -0.4 is 16.4 Å². The highest BCUT2D eigenvalue weighted by atomic mass is 35.5. The van der Waals surface area contributed by atoms with Gasteiger partial charge in [0.2, 0.25) is 0 Å². The number of carbonyl (C=O) groups excluding carboxylic acids is 3. The molecule has 21 heavy (non-hydrogen) atoms. The highest BCUT2D eigenvalue weighted by Gasteiger charge is 2.20. The number of hydrogen-bond acceptors (Lipinski definition) is 5. The molecule has 1 rings (SSSR count). The van der Waals surface area contributed by atoms with Gasteiger partial charge in [-0.1, -0.05) is 11.6 Å². The van der Waals surface area contributed by atoms with Gasteiger partial charge in [0, 0.05) is 6.54 Å². The van der Waals surface area contributed by atoms with Gasteiger partial charge in [-0.05, 0) is 32.0 Å². The van der Waals surface area contributed by atoms with Crippen LogP contribution in [0.5, 0.6) is 0 Å². The molecule has 0 aromatic heterocycles. The maximum atomic E-state index is 11.8. The number of halogens is 1. The second-order valence-electron chi connectivity index (χ2n) is 4.13. The quantitative estimate of drug-likeness (QED) is 0.573. The second kappa shape index (κ2) is 7.49. The summed E-state index contributed by atoms with van der Waals surface area (Å²) < 4.78 is 4.94. The van der Waals surface area contributed by atoms with Gasteiger partial charge in [-0.2, -0.15) is 0 Å². The number of nitrogens with one attached hydrogen (secondary N) is 2. The molecule has 1 aromatic carbocycles. The molecular formula is C13H16ClN3O4. The second-order valence-corrected chi connectivity index (χ2v) is 4.54. The Morgan fingerprint density at radius 3 is 2.62 bits per heavy atom. The lowest BCUT2D eigenvalue weighted by Crippen LogP contribution is -2.44. The third kappa shape index (κ3) is 4.96. The predicted octanol–water partition coefficient (Wildman–Crippen LogP) is 1.31. The molecule has 1 aromatic rings. The maximum Gasteiger partial charge on any atom is 0.338 e. The van der Waals surface area contributed by atoms with Gasteiger partial charge in [-0.15, -0.1) is 0 Å². The van der Waals surface area contributed by atoms with Gasteiger partial charge in [0.25, 0.3) is 5.91 Å². The topological polar surface area (TPSA) is 111 Å². The molecule has 0 saturated heterocycles. The van der Waals surface area contributed by atoms with Crippen LogP contribution in [0.25, 0.3) is 0 Å². The van der Waals surface area contributed by atoms with E-state index in [1.807, 2.05) is 5.32 Å². The summed E-state index contributed by atoms with van der Waals surface area (Å²) in [5, 5.41) is 4.75.